The molecule has 1 aromatic heterocycles. The zero-order chi connectivity index (χ0) is 17.7. The van der Waals surface area contributed by atoms with Crippen molar-refractivity contribution in [2.24, 2.45) is 5.92 Å². The van der Waals surface area contributed by atoms with Crippen LogP contribution in [0.25, 0.3) is 10.6 Å². The van der Waals surface area contributed by atoms with Crippen LogP contribution in [0.2, 0.25) is 0 Å². The number of rotatable bonds is 6. The molecule has 7 heteroatoms. The summed E-state index contributed by atoms with van der Waals surface area (Å²) in [5, 5.41) is 5.10. The first-order valence-electron chi connectivity index (χ1n) is 7.51. The SMILES string of the molecule is CC(=O)N[C@H](C(=O)OCc1csc(-c2ccc(F)cc2)n1)C(C)C. The molecule has 0 radical (unpaired) electrons. The van der Waals surface area contributed by atoms with Gasteiger partial charge in [0, 0.05) is 17.9 Å². The lowest BCUT2D eigenvalue weighted by Crippen LogP contribution is -2.44. The summed E-state index contributed by atoms with van der Waals surface area (Å²) < 4.78 is 18.2. The van der Waals surface area contributed by atoms with Crippen LogP contribution in [0.4, 0.5) is 4.39 Å². The van der Waals surface area contributed by atoms with Gasteiger partial charge in [-0.25, -0.2) is 14.2 Å². The van der Waals surface area contributed by atoms with E-state index in [1.807, 2.05) is 13.8 Å². The highest BCUT2D eigenvalue weighted by atomic mass is 32.1. The van der Waals surface area contributed by atoms with Gasteiger partial charge in [-0.2, -0.15) is 0 Å². The molecule has 1 atom stereocenters. The van der Waals surface area contributed by atoms with Crippen LogP contribution in [0.3, 0.4) is 0 Å². The number of amides is 1. The maximum atomic E-state index is 12.9. The van der Waals surface area contributed by atoms with Gasteiger partial charge in [0.05, 0.1) is 5.69 Å². The second-order valence-corrected chi connectivity index (χ2v) is 6.54. The normalized spacial score (nSPS) is 12.0. The standard InChI is InChI=1S/C17H19FN2O3S/c1-10(2)15(19-11(3)21)17(22)23-8-14-9-24-16(20-14)12-4-6-13(18)7-5-12/h4-7,9-10,15H,8H2,1-3H3,(H,19,21)/t15-/m0/s1. The number of aromatic nitrogens is 1. The van der Waals surface area contributed by atoms with E-state index < -0.39 is 12.0 Å². The Hall–Kier alpha value is -2.28. The largest absolute Gasteiger partial charge is 0.458 e. The van der Waals surface area contributed by atoms with E-state index in [9.17, 15) is 14.0 Å². The quantitative estimate of drug-likeness (QED) is 0.813. The zero-order valence-electron chi connectivity index (χ0n) is 13.7. The van der Waals surface area contributed by atoms with Crippen LogP contribution >= 0.6 is 11.3 Å². The Balaban J connectivity index is 1.98. The van der Waals surface area contributed by atoms with Gasteiger partial charge in [0.1, 0.15) is 23.5 Å². The topological polar surface area (TPSA) is 68.3 Å². The molecule has 0 aliphatic carbocycles. The molecule has 24 heavy (non-hydrogen) atoms. The monoisotopic (exact) mass is 350 g/mol. The summed E-state index contributed by atoms with van der Waals surface area (Å²) >= 11 is 1.39. The van der Waals surface area contributed by atoms with Gasteiger partial charge < -0.3 is 10.1 Å². The van der Waals surface area contributed by atoms with E-state index in [2.05, 4.69) is 10.3 Å². The van der Waals surface area contributed by atoms with E-state index in [1.165, 1.54) is 30.4 Å². The molecular weight excluding hydrogens is 331 g/mol. The minimum atomic E-state index is -0.683. The number of nitrogens with one attached hydrogen (secondary N) is 1. The van der Waals surface area contributed by atoms with Gasteiger partial charge in [-0.15, -0.1) is 11.3 Å². The lowest BCUT2D eigenvalue weighted by atomic mass is 10.0. The van der Waals surface area contributed by atoms with Crippen molar-refractivity contribution >= 4 is 23.2 Å². The van der Waals surface area contributed by atoms with Crippen LogP contribution in [-0.4, -0.2) is 22.9 Å². The summed E-state index contributed by atoms with van der Waals surface area (Å²) in [7, 11) is 0. The Morgan fingerprint density at radius 1 is 1.29 bits per heavy atom. The molecule has 0 bridgehead atoms. The highest BCUT2D eigenvalue weighted by molar-refractivity contribution is 7.13. The first-order valence-corrected chi connectivity index (χ1v) is 8.39. The molecule has 1 aromatic carbocycles. The third-order valence-electron chi connectivity index (χ3n) is 3.28. The maximum absolute atomic E-state index is 12.9. The van der Waals surface area contributed by atoms with Crippen LogP contribution in [0.1, 0.15) is 26.5 Å². The van der Waals surface area contributed by atoms with Gasteiger partial charge in [0.15, 0.2) is 0 Å². The van der Waals surface area contributed by atoms with Crippen molar-refractivity contribution in [3.05, 3.63) is 41.2 Å². The summed E-state index contributed by atoms with van der Waals surface area (Å²) in [4.78, 5) is 27.6. The lowest BCUT2D eigenvalue weighted by molar-refractivity contribution is -0.150. The summed E-state index contributed by atoms with van der Waals surface area (Å²) in [5.74, 6) is -1.15. The molecular formula is C17H19FN2O3S. The van der Waals surface area contributed by atoms with E-state index in [-0.39, 0.29) is 24.2 Å². The fourth-order valence-electron chi connectivity index (χ4n) is 2.05. The highest BCUT2D eigenvalue weighted by Crippen LogP contribution is 2.24. The van der Waals surface area contributed by atoms with Crippen molar-refractivity contribution < 1.29 is 18.7 Å². The summed E-state index contributed by atoms with van der Waals surface area (Å²) in [6.07, 6.45) is 0. The average Bonchev–Trinajstić information content (AvgIpc) is 2.99. The first-order chi connectivity index (χ1) is 11.4. The fourth-order valence-corrected chi connectivity index (χ4v) is 2.86. The molecule has 0 saturated heterocycles. The van der Waals surface area contributed by atoms with Crippen LogP contribution in [0.15, 0.2) is 29.6 Å². The van der Waals surface area contributed by atoms with Crippen molar-refractivity contribution in [1.29, 1.82) is 0 Å². The Bertz CT molecular complexity index is 713. The molecule has 128 valence electrons. The second-order valence-electron chi connectivity index (χ2n) is 5.68. The molecule has 0 spiro atoms. The molecule has 0 unspecified atom stereocenters. The zero-order valence-corrected chi connectivity index (χ0v) is 14.5. The number of thiazole rings is 1. The van der Waals surface area contributed by atoms with E-state index in [0.717, 1.165) is 10.6 Å². The van der Waals surface area contributed by atoms with Crippen molar-refractivity contribution in [1.82, 2.24) is 10.3 Å². The molecule has 1 N–H and O–H groups in total. The van der Waals surface area contributed by atoms with E-state index in [0.29, 0.717) is 5.69 Å². The van der Waals surface area contributed by atoms with E-state index in [4.69, 9.17) is 4.74 Å². The molecule has 5 nitrogen and oxygen atoms in total. The molecule has 2 rings (SSSR count). The highest BCUT2D eigenvalue weighted by Gasteiger charge is 2.24. The average molecular weight is 350 g/mol. The number of hydrogen-bond acceptors (Lipinski definition) is 5. The summed E-state index contributed by atoms with van der Waals surface area (Å²) in [5.41, 5.74) is 1.41. The van der Waals surface area contributed by atoms with E-state index in [1.54, 1.807) is 17.5 Å². The molecule has 1 heterocycles. The predicted octanol–water partition coefficient (Wildman–Crippen LogP) is 3.15. The number of carbonyl (C=O) groups is 2. The fraction of sp³-hybridized carbons (Fsp3) is 0.353. The number of carbonyl (C=O) groups excluding carboxylic acids is 2. The van der Waals surface area contributed by atoms with Gasteiger partial charge >= 0.3 is 5.97 Å². The molecule has 0 aliphatic rings. The molecule has 0 saturated carbocycles. The number of hydrogen-bond donors (Lipinski definition) is 1. The number of benzene rings is 1. The molecule has 2 aromatic rings. The summed E-state index contributed by atoms with van der Waals surface area (Å²) in [6.45, 7) is 5.05. The van der Waals surface area contributed by atoms with Crippen LogP contribution < -0.4 is 5.32 Å². The minimum absolute atomic E-state index is 0.0271. The van der Waals surface area contributed by atoms with Gasteiger partial charge in [0.25, 0.3) is 0 Å². The second kappa shape index (κ2) is 8.01. The Morgan fingerprint density at radius 3 is 2.54 bits per heavy atom. The third-order valence-corrected chi connectivity index (χ3v) is 4.22. The van der Waals surface area contributed by atoms with Gasteiger partial charge in [0.2, 0.25) is 5.91 Å². The van der Waals surface area contributed by atoms with E-state index >= 15 is 0 Å². The van der Waals surface area contributed by atoms with Crippen molar-refractivity contribution in [3.63, 3.8) is 0 Å². The van der Waals surface area contributed by atoms with Crippen molar-refractivity contribution in [3.8, 4) is 10.6 Å². The van der Waals surface area contributed by atoms with Crippen molar-refractivity contribution in [2.75, 3.05) is 0 Å². The van der Waals surface area contributed by atoms with Crippen LogP contribution in [0.5, 0.6) is 0 Å². The number of esters is 1. The lowest BCUT2D eigenvalue weighted by Gasteiger charge is -2.19. The Kier molecular flexibility index (Phi) is 6.03. The number of halogens is 1. The van der Waals surface area contributed by atoms with Crippen LogP contribution in [-0.2, 0) is 20.9 Å². The number of nitrogens with zero attached hydrogens (tertiary/aromatic N) is 1. The van der Waals surface area contributed by atoms with Gasteiger partial charge in [-0.05, 0) is 30.2 Å². The number of ether oxygens (including phenoxy) is 1. The van der Waals surface area contributed by atoms with Crippen molar-refractivity contribution in [2.45, 2.75) is 33.4 Å². The third kappa shape index (κ3) is 4.86. The summed E-state index contributed by atoms with van der Waals surface area (Å²) in [6, 6.07) is 5.36. The molecule has 0 fully saturated rings. The van der Waals surface area contributed by atoms with Gasteiger partial charge in [-0.1, -0.05) is 13.8 Å². The Morgan fingerprint density at radius 2 is 1.96 bits per heavy atom. The smallest absolute Gasteiger partial charge is 0.329 e. The Labute approximate surface area is 143 Å². The maximum Gasteiger partial charge on any atom is 0.329 e. The predicted molar refractivity (Wildman–Crippen MR) is 89.7 cm³/mol. The molecule has 0 aliphatic heterocycles. The van der Waals surface area contributed by atoms with Gasteiger partial charge in [-0.3, -0.25) is 4.79 Å². The van der Waals surface area contributed by atoms with Crippen LogP contribution in [0, 0.1) is 11.7 Å². The first kappa shape index (κ1) is 18.1. The minimum Gasteiger partial charge on any atom is -0.458 e. The molecule has 1 amide bonds.